The van der Waals surface area contributed by atoms with E-state index in [1.165, 1.54) is 0 Å². The second-order valence-electron chi connectivity index (χ2n) is 10.3. The number of carbonyl (C=O) groups is 1. The number of hydrogen-bond acceptors (Lipinski definition) is 4. The Hall–Kier alpha value is -2.02. The summed E-state index contributed by atoms with van der Waals surface area (Å²) in [6, 6.07) is 6.67. The summed E-state index contributed by atoms with van der Waals surface area (Å²) < 4.78 is 105. The van der Waals surface area contributed by atoms with Crippen LogP contribution in [-0.2, 0) is 26.5 Å². The van der Waals surface area contributed by atoms with E-state index in [2.05, 4.69) is 4.40 Å². The molecule has 1 saturated carbocycles. The molecule has 6 rings (SSSR count). The molecule has 208 valence electrons. The maximum absolute atomic E-state index is 14.4. The van der Waals surface area contributed by atoms with Crippen LogP contribution in [-0.4, -0.2) is 42.0 Å². The Labute approximate surface area is 231 Å². The highest BCUT2D eigenvalue weighted by Gasteiger charge is 2.71. The van der Waals surface area contributed by atoms with Crippen LogP contribution >= 0.6 is 35.1 Å². The molecule has 2 aromatic carbocycles. The van der Waals surface area contributed by atoms with E-state index in [-0.39, 0.29) is 43.8 Å². The monoisotopic (exact) mass is 612 g/mol. The molecule has 0 aromatic heterocycles. The first-order chi connectivity index (χ1) is 18.1. The van der Waals surface area contributed by atoms with Crippen LogP contribution in [0.2, 0.25) is 10.0 Å². The number of amides is 1. The number of benzene rings is 2. The van der Waals surface area contributed by atoms with Gasteiger partial charge in [-0.15, -0.1) is 0 Å². The summed E-state index contributed by atoms with van der Waals surface area (Å²) >= 11 is 11.9. The van der Waals surface area contributed by atoms with Gasteiger partial charge in [-0.05, 0) is 65.2 Å². The van der Waals surface area contributed by atoms with Crippen LogP contribution in [0.1, 0.15) is 41.5 Å². The van der Waals surface area contributed by atoms with Gasteiger partial charge in [0.2, 0.25) is 5.91 Å². The zero-order chi connectivity index (χ0) is 28.2. The molecule has 0 bridgehead atoms. The summed E-state index contributed by atoms with van der Waals surface area (Å²) in [4.78, 5) is 13.7. The smallest absolute Gasteiger partial charge is 0.362 e. The molecule has 1 spiro atoms. The average Bonchev–Trinajstić information content (AvgIpc) is 3.38. The number of carbonyl (C=O) groups excluding carboxylic acids is 1. The zero-order valence-corrected chi connectivity index (χ0v) is 22.0. The summed E-state index contributed by atoms with van der Waals surface area (Å²) in [5.74, 6) is -1.96. The van der Waals surface area contributed by atoms with Crippen LogP contribution in [0.4, 0.5) is 30.7 Å². The summed E-state index contributed by atoms with van der Waals surface area (Å²) in [5.41, 5.74) is -1.70. The van der Waals surface area contributed by atoms with E-state index in [1.54, 1.807) is 18.2 Å². The molecule has 1 unspecified atom stereocenters. The molecule has 0 N–H and O–H groups in total. The largest absolute Gasteiger partial charge is 0.409 e. The first-order valence-corrected chi connectivity index (χ1v) is 13.3. The summed E-state index contributed by atoms with van der Waals surface area (Å²) in [7, 11) is 0. The maximum Gasteiger partial charge on any atom is 0.409 e. The highest BCUT2D eigenvalue weighted by molar-refractivity contribution is 7.99. The lowest BCUT2D eigenvalue weighted by Gasteiger charge is -2.48. The number of fused-ring (bicyclic) bond motifs is 2. The van der Waals surface area contributed by atoms with Crippen molar-refractivity contribution in [1.82, 2.24) is 4.90 Å². The van der Waals surface area contributed by atoms with Crippen LogP contribution in [0.15, 0.2) is 34.7 Å². The Morgan fingerprint density at radius 3 is 2.21 bits per heavy atom. The first-order valence-electron chi connectivity index (χ1n) is 11.7. The van der Waals surface area contributed by atoms with Crippen molar-refractivity contribution in [3.8, 4) is 0 Å². The lowest BCUT2D eigenvalue weighted by molar-refractivity contribution is -0.213. The van der Waals surface area contributed by atoms with Gasteiger partial charge in [-0.2, -0.15) is 26.3 Å². The van der Waals surface area contributed by atoms with Gasteiger partial charge in [0.15, 0.2) is 10.6 Å². The van der Waals surface area contributed by atoms with Gasteiger partial charge in [-0.3, -0.25) is 4.79 Å². The summed E-state index contributed by atoms with van der Waals surface area (Å²) in [6.45, 7) is 0.0236. The highest BCUT2D eigenvalue weighted by Crippen LogP contribution is 2.60. The van der Waals surface area contributed by atoms with Crippen molar-refractivity contribution >= 4 is 46.8 Å². The molecule has 1 atom stereocenters. The summed E-state index contributed by atoms with van der Waals surface area (Å²) in [5, 5.41) is -1.07. The second-order valence-corrected chi connectivity index (χ2v) is 12.2. The second kappa shape index (κ2) is 8.50. The molecule has 0 radical (unpaired) electrons. The molecule has 39 heavy (non-hydrogen) atoms. The topological polar surface area (TPSA) is 41.9 Å². The first kappa shape index (κ1) is 27.2. The molecule has 4 aliphatic rings. The molecule has 14 heteroatoms. The minimum absolute atomic E-state index is 0.0317. The molecule has 1 saturated heterocycles. The van der Waals surface area contributed by atoms with Gasteiger partial charge in [0.25, 0.3) is 0 Å². The van der Waals surface area contributed by atoms with Gasteiger partial charge < -0.3 is 9.64 Å². The standard InChI is InChI=1S/C25H17Cl2F7N2O2S/c26-16-6-14(7-17(27)19(16)28)23(25(32,33)34)8-18(35-39-23)12-1-2-15-13(5-12)9-38-22(15)10-36(11-22)20(37)21(3-4-21)24(29,30)31/h1-2,5-7H,3-4,8-11H2. The Kier molecular flexibility index (Phi) is 5.92. The number of halogens is 9. The fraction of sp³-hybridized carbons (Fsp3) is 0.440. The van der Waals surface area contributed by atoms with Crippen molar-refractivity contribution in [2.24, 2.45) is 9.81 Å². The van der Waals surface area contributed by atoms with E-state index in [4.69, 9.17) is 27.9 Å². The van der Waals surface area contributed by atoms with E-state index >= 15 is 0 Å². The molecule has 1 amide bonds. The lowest BCUT2D eigenvalue weighted by atomic mass is 9.82. The predicted octanol–water partition coefficient (Wildman–Crippen LogP) is 7.34. The average molecular weight is 613 g/mol. The lowest BCUT2D eigenvalue weighted by Crippen LogP contribution is -2.63. The van der Waals surface area contributed by atoms with Crippen LogP contribution in [0, 0.1) is 11.2 Å². The van der Waals surface area contributed by atoms with Gasteiger partial charge in [-0.25, -0.2) is 8.79 Å². The molecule has 3 aliphatic heterocycles. The number of ether oxygens (including phenoxy) is 1. The van der Waals surface area contributed by atoms with E-state index in [0.29, 0.717) is 28.6 Å². The fourth-order valence-corrected chi connectivity index (χ4v) is 6.95. The van der Waals surface area contributed by atoms with Crippen LogP contribution in [0.5, 0.6) is 0 Å². The Morgan fingerprint density at radius 1 is 1.00 bits per heavy atom. The number of rotatable bonds is 3. The van der Waals surface area contributed by atoms with Crippen LogP contribution in [0.25, 0.3) is 0 Å². The third-order valence-corrected chi connectivity index (χ3v) is 9.74. The third kappa shape index (κ3) is 3.92. The SMILES string of the molecule is O=C(N1CC2(C1)OCc1cc(C3=NSC(c4cc(Cl)c(F)c(Cl)c4)(C(F)(F)F)C3)ccc12)C1(C(F)(F)F)CC1. The maximum atomic E-state index is 14.4. The molecule has 2 fully saturated rings. The molecule has 3 heterocycles. The minimum atomic E-state index is -4.78. The van der Waals surface area contributed by atoms with E-state index in [0.717, 1.165) is 17.0 Å². The van der Waals surface area contributed by atoms with Crippen LogP contribution < -0.4 is 0 Å². The van der Waals surface area contributed by atoms with E-state index in [1.807, 2.05) is 0 Å². The van der Waals surface area contributed by atoms with Gasteiger partial charge in [0, 0.05) is 6.42 Å². The number of likely N-dealkylation sites (tertiary alicyclic amines) is 1. The predicted molar refractivity (Wildman–Crippen MR) is 130 cm³/mol. The molecule has 1 aliphatic carbocycles. The zero-order valence-electron chi connectivity index (χ0n) is 19.7. The van der Waals surface area contributed by atoms with Gasteiger partial charge in [-0.1, -0.05) is 35.3 Å². The highest BCUT2D eigenvalue weighted by atomic mass is 35.5. The Morgan fingerprint density at radius 2 is 1.64 bits per heavy atom. The third-order valence-electron chi connectivity index (χ3n) is 7.95. The normalized spacial score (nSPS) is 24.9. The Balaban J connectivity index is 1.23. The quantitative estimate of drug-likeness (QED) is 0.207. The van der Waals surface area contributed by atoms with Gasteiger partial charge >= 0.3 is 12.4 Å². The molecular formula is C25H17Cl2F7N2O2S. The van der Waals surface area contributed by atoms with Gasteiger partial charge in [0.05, 0.1) is 35.5 Å². The van der Waals surface area contributed by atoms with Crippen molar-refractivity contribution in [2.75, 3.05) is 13.1 Å². The molecular weight excluding hydrogens is 596 g/mol. The molecule has 2 aromatic rings. The van der Waals surface area contributed by atoms with Crippen LogP contribution in [0.3, 0.4) is 0 Å². The van der Waals surface area contributed by atoms with Gasteiger partial charge in [0.1, 0.15) is 11.0 Å². The number of hydrogen-bond donors (Lipinski definition) is 0. The number of nitrogens with zero attached hydrogens (tertiary/aromatic N) is 2. The summed E-state index contributed by atoms with van der Waals surface area (Å²) in [6.07, 6.45) is -10.4. The van der Waals surface area contributed by atoms with E-state index < -0.39 is 56.3 Å². The fourth-order valence-electron chi connectivity index (χ4n) is 5.50. The van der Waals surface area contributed by atoms with Crippen molar-refractivity contribution in [3.05, 3.63) is 68.4 Å². The van der Waals surface area contributed by atoms with Crippen molar-refractivity contribution in [1.29, 1.82) is 0 Å². The van der Waals surface area contributed by atoms with Crippen molar-refractivity contribution in [2.45, 2.75) is 48.6 Å². The Bertz CT molecular complexity index is 1410. The van der Waals surface area contributed by atoms with Crippen molar-refractivity contribution < 1.29 is 40.3 Å². The minimum Gasteiger partial charge on any atom is -0.362 e. The molecule has 4 nitrogen and oxygen atoms in total. The number of alkyl halides is 6. The van der Waals surface area contributed by atoms with Crippen molar-refractivity contribution in [3.63, 3.8) is 0 Å². The van der Waals surface area contributed by atoms with E-state index in [9.17, 15) is 35.5 Å².